The lowest BCUT2D eigenvalue weighted by atomic mass is 10.4. The van der Waals surface area contributed by atoms with Crippen LogP contribution in [0.3, 0.4) is 0 Å². The summed E-state index contributed by atoms with van der Waals surface area (Å²) in [5, 5.41) is 4.04. The maximum atomic E-state index is 12.1. The number of sulfonamides is 1. The van der Waals surface area contributed by atoms with Crippen molar-refractivity contribution in [2.45, 2.75) is 4.90 Å². The van der Waals surface area contributed by atoms with Crippen molar-refractivity contribution < 1.29 is 8.42 Å². The lowest BCUT2D eigenvalue weighted by Gasteiger charge is -2.03. The number of fused-ring (bicyclic) bond motifs is 1. The summed E-state index contributed by atoms with van der Waals surface area (Å²) in [5.41, 5.74) is 0.577. The molecular formula is C12H10N4O2S. The van der Waals surface area contributed by atoms with Crippen molar-refractivity contribution in [1.29, 1.82) is 0 Å². The predicted octanol–water partition coefficient (Wildman–Crippen LogP) is 1.53. The van der Waals surface area contributed by atoms with Gasteiger partial charge in [-0.3, -0.25) is 0 Å². The van der Waals surface area contributed by atoms with Gasteiger partial charge in [-0.25, -0.2) is 17.7 Å². The molecule has 6 nitrogen and oxygen atoms in total. The summed E-state index contributed by atoms with van der Waals surface area (Å²) in [5.74, 6) is 0.0510. The molecule has 0 fully saturated rings. The molecule has 3 rings (SSSR count). The molecule has 0 aliphatic rings. The molecule has 0 aliphatic heterocycles. The second-order valence-electron chi connectivity index (χ2n) is 3.86. The Labute approximate surface area is 109 Å². The van der Waals surface area contributed by atoms with Crippen LogP contribution in [0.1, 0.15) is 0 Å². The molecule has 3 aromatic rings. The van der Waals surface area contributed by atoms with Crippen LogP contribution in [0.15, 0.2) is 59.6 Å². The molecule has 0 spiro atoms. The Morgan fingerprint density at radius 1 is 1.00 bits per heavy atom. The van der Waals surface area contributed by atoms with E-state index in [0.717, 1.165) is 0 Å². The SMILES string of the molecule is O=S(=O)(Nc1nc2ccccn2n1)c1ccccc1. The molecule has 0 amide bonds. The van der Waals surface area contributed by atoms with E-state index >= 15 is 0 Å². The third-order valence-electron chi connectivity index (χ3n) is 2.52. The fourth-order valence-electron chi connectivity index (χ4n) is 1.65. The molecule has 2 heterocycles. The van der Waals surface area contributed by atoms with Crippen molar-refractivity contribution in [3.05, 3.63) is 54.7 Å². The number of aromatic nitrogens is 3. The third kappa shape index (κ3) is 2.27. The fraction of sp³-hybridized carbons (Fsp3) is 0. The molecule has 0 saturated heterocycles. The zero-order valence-corrected chi connectivity index (χ0v) is 10.6. The number of hydrogen-bond acceptors (Lipinski definition) is 4. The molecule has 2 aromatic heterocycles. The molecule has 0 radical (unpaired) electrons. The Hall–Kier alpha value is -2.41. The van der Waals surface area contributed by atoms with Gasteiger partial charge in [0, 0.05) is 6.20 Å². The average Bonchev–Trinajstić information content (AvgIpc) is 2.81. The molecule has 96 valence electrons. The van der Waals surface area contributed by atoms with Gasteiger partial charge in [-0.15, -0.1) is 5.10 Å². The molecule has 0 saturated carbocycles. The Kier molecular flexibility index (Phi) is 2.68. The van der Waals surface area contributed by atoms with Gasteiger partial charge in [0.1, 0.15) is 0 Å². The van der Waals surface area contributed by atoms with Crippen LogP contribution < -0.4 is 4.72 Å². The van der Waals surface area contributed by atoms with Crippen LogP contribution in [0, 0.1) is 0 Å². The molecule has 7 heteroatoms. The largest absolute Gasteiger partial charge is 0.264 e. The first-order valence-electron chi connectivity index (χ1n) is 5.54. The topological polar surface area (TPSA) is 76.4 Å². The van der Waals surface area contributed by atoms with Crippen molar-refractivity contribution in [3.8, 4) is 0 Å². The number of anilines is 1. The summed E-state index contributed by atoms with van der Waals surface area (Å²) in [4.78, 5) is 4.26. The number of benzene rings is 1. The highest BCUT2D eigenvalue weighted by Gasteiger charge is 2.16. The minimum absolute atomic E-state index is 0.0510. The lowest BCUT2D eigenvalue weighted by molar-refractivity contribution is 0.601. The maximum absolute atomic E-state index is 12.1. The summed E-state index contributed by atoms with van der Waals surface area (Å²) in [6.07, 6.45) is 1.70. The number of hydrogen-bond donors (Lipinski definition) is 1. The van der Waals surface area contributed by atoms with Crippen molar-refractivity contribution in [1.82, 2.24) is 14.6 Å². The van der Waals surface area contributed by atoms with Gasteiger partial charge in [0.2, 0.25) is 0 Å². The van der Waals surface area contributed by atoms with E-state index in [1.54, 1.807) is 42.6 Å². The first-order chi connectivity index (χ1) is 9.15. The van der Waals surface area contributed by atoms with Crippen molar-refractivity contribution in [2.24, 2.45) is 0 Å². The molecule has 1 aromatic carbocycles. The van der Waals surface area contributed by atoms with Gasteiger partial charge in [-0.2, -0.15) is 4.98 Å². The fourth-order valence-corrected chi connectivity index (χ4v) is 2.61. The van der Waals surface area contributed by atoms with Gasteiger partial charge in [0.15, 0.2) is 5.65 Å². The van der Waals surface area contributed by atoms with Gasteiger partial charge in [-0.1, -0.05) is 24.3 Å². The number of nitrogens with one attached hydrogen (secondary N) is 1. The van der Waals surface area contributed by atoms with Crippen LogP contribution in [0.5, 0.6) is 0 Å². The van der Waals surface area contributed by atoms with Gasteiger partial charge < -0.3 is 0 Å². The van der Waals surface area contributed by atoms with E-state index < -0.39 is 10.0 Å². The summed E-state index contributed by atoms with van der Waals surface area (Å²) >= 11 is 0. The third-order valence-corrected chi connectivity index (χ3v) is 3.86. The summed E-state index contributed by atoms with van der Waals surface area (Å²) in [7, 11) is -3.65. The normalized spacial score (nSPS) is 11.6. The highest BCUT2D eigenvalue weighted by atomic mass is 32.2. The van der Waals surface area contributed by atoms with E-state index in [1.165, 1.54) is 16.6 Å². The zero-order chi connectivity index (χ0) is 13.3. The van der Waals surface area contributed by atoms with Gasteiger partial charge >= 0.3 is 0 Å². The zero-order valence-electron chi connectivity index (χ0n) is 9.76. The van der Waals surface area contributed by atoms with E-state index in [2.05, 4.69) is 14.8 Å². The smallest absolute Gasteiger partial charge is 0.246 e. The van der Waals surface area contributed by atoms with Crippen molar-refractivity contribution >= 4 is 21.6 Å². The molecule has 0 unspecified atom stereocenters. The first kappa shape index (κ1) is 11.7. The first-order valence-corrected chi connectivity index (χ1v) is 7.03. The predicted molar refractivity (Wildman–Crippen MR) is 70.2 cm³/mol. The van der Waals surface area contributed by atoms with Gasteiger partial charge in [0.05, 0.1) is 4.90 Å². The summed E-state index contributed by atoms with van der Waals surface area (Å²) in [6.45, 7) is 0. The monoisotopic (exact) mass is 274 g/mol. The molecule has 1 N–H and O–H groups in total. The highest BCUT2D eigenvalue weighted by Crippen LogP contribution is 2.13. The van der Waals surface area contributed by atoms with Crippen LogP contribution in [0.2, 0.25) is 0 Å². The van der Waals surface area contributed by atoms with E-state index in [0.29, 0.717) is 5.65 Å². The minimum atomic E-state index is -3.65. The second-order valence-corrected chi connectivity index (χ2v) is 5.54. The van der Waals surface area contributed by atoms with E-state index in [4.69, 9.17) is 0 Å². The molecular weight excluding hydrogens is 264 g/mol. The van der Waals surface area contributed by atoms with Crippen LogP contribution in [0.4, 0.5) is 5.95 Å². The molecule has 0 aliphatic carbocycles. The Balaban J connectivity index is 1.97. The highest BCUT2D eigenvalue weighted by molar-refractivity contribution is 7.92. The van der Waals surface area contributed by atoms with E-state index in [9.17, 15) is 8.42 Å². The Morgan fingerprint density at radius 2 is 1.74 bits per heavy atom. The second kappa shape index (κ2) is 4.36. The lowest BCUT2D eigenvalue weighted by Crippen LogP contribution is -2.13. The van der Waals surface area contributed by atoms with Crippen molar-refractivity contribution in [3.63, 3.8) is 0 Å². The van der Waals surface area contributed by atoms with E-state index in [1.807, 2.05) is 0 Å². The molecule has 0 atom stereocenters. The van der Waals surface area contributed by atoms with Crippen LogP contribution in [-0.2, 0) is 10.0 Å². The minimum Gasteiger partial charge on any atom is -0.246 e. The van der Waals surface area contributed by atoms with Crippen LogP contribution in [-0.4, -0.2) is 23.0 Å². The average molecular weight is 274 g/mol. The number of pyridine rings is 1. The van der Waals surface area contributed by atoms with Crippen molar-refractivity contribution in [2.75, 3.05) is 4.72 Å². The molecule has 19 heavy (non-hydrogen) atoms. The number of rotatable bonds is 3. The number of nitrogens with zero attached hydrogens (tertiary/aromatic N) is 3. The molecule has 0 bridgehead atoms. The van der Waals surface area contributed by atoms with Gasteiger partial charge in [-0.05, 0) is 24.3 Å². The maximum Gasteiger partial charge on any atom is 0.264 e. The Bertz CT molecular complexity index is 779. The quantitative estimate of drug-likeness (QED) is 0.785. The van der Waals surface area contributed by atoms with Crippen LogP contribution in [0.25, 0.3) is 5.65 Å². The Morgan fingerprint density at radius 3 is 2.47 bits per heavy atom. The summed E-state index contributed by atoms with van der Waals surface area (Å²) in [6, 6.07) is 13.4. The summed E-state index contributed by atoms with van der Waals surface area (Å²) < 4.78 is 28.0. The van der Waals surface area contributed by atoms with E-state index in [-0.39, 0.29) is 10.8 Å². The van der Waals surface area contributed by atoms with Crippen LogP contribution >= 0.6 is 0 Å². The van der Waals surface area contributed by atoms with Gasteiger partial charge in [0.25, 0.3) is 16.0 Å². The standard InChI is InChI=1S/C12H10N4O2S/c17-19(18,10-6-2-1-3-7-10)15-12-13-11-8-4-5-9-16(11)14-12/h1-9H,(H,14,15).